The third-order valence-corrected chi connectivity index (χ3v) is 5.61. The van der Waals surface area contributed by atoms with Gasteiger partial charge in [-0.25, -0.2) is 14.4 Å². The van der Waals surface area contributed by atoms with Gasteiger partial charge in [0.2, 0.25) is 11.8 Å². The molecule has 2 aromatic rings. The molecule has 32 heavy (non-hydrogen) atoms. The van der Waals surface area contributed by atoms with Gasteiger partial charge in [-0.15, -0.1) is 0 Å². The molecule has 9 nitrogen and oxygen atoms in total. The number of hydrogen-bond acceptors (Lipinski definition) is 7. The molecule has 0 radical (unpaired) electrons. The van der Waals surface area contributed by atoms with Crippen molar-refractivity contribution in [3.05, 3.63) is 41.4 Å². The van der Waals surface area contributed by atoms with E-state index < -0.39 is 23.8 Å². The van der Waals surface area contributed by atoms with Gasteiger partial charge in [-0.1, -0.05) is 6.92 Å². The van der Waals surface area contributed by atoms with E-state index in [2.05, 4.69) is 20.6 Å². The maximum atomic E-state index is 15.0. The second-order valence-electron chi connectivity index (χ2n) is 7.63. The third-order valence-electron chi connectivity index (χ3n) is 5.61. The Kier molecular flexibility index (Phi) is 6.17. The summed E-state index contributed by atoms with van der Waals surface area (Å²) < 4.78 is 34.9. The van der Waals surface area contributed by atoms with Crippen molar-refractivity contribution < 1.29 is 23.1 Å². The van der Waals surface area contributed by atoms with Crippen LogP contribution < -0.4 is 20.3 Å². The first kappa shape index (κ1) is 21.9. The second-order valence-corrected chi connectivity index (χ2v) is 7.63. The summed E-state index contributed by atoms with van der Waals surface area (Å²) in [6.45, 7) is 4.24. The molecule has 1 atom stereocenters. The maximum absolute atomic E-state index is 15.0. The molecule has 2 aliphatic rings. The summed E-state index contributed by atoms with van der Waals surface area (Å²) in [5, 5.41) is 4.97. The van der Waals surface area contributed by atoms with Crippen LogP contribution in [0.25, 0.3) is 0 Å². The summed E-state index contributed by atoms with van der Waals surface area (Å²) in [7, 11) is 1.46. The van der Waals surface area contributed by atoms with Gasteiger partial charge >= 0.3 is 0 Å². The number of hydrogen-bond donors (Lipinski definition) is 2. The fraction of sp³-hybridized carbons (Fsp3) is 0.429. The molecule has 0 aromatic carbocycles. The molecule has 1 fully saturated rings. The Morgan fingerprint density at radius 2 is 2.03 bits per heavy atom. The molecule has 0 aliphatic carbocycles. The zero-order valence-corrected chi connectivity index (χ0v) is 17.8. The van der Waals surface area contributed by atoms with Gasteiger partial charge in [-0.2, -0.15) is 4.39 Å². The van der Waals surface area contributed by atoms with Crippen LogP contribution in [-0.2, 0) is 11.3 Å². The molecule has 0 bridgehead atoms. The summed E-state index contributed by atoms with van der Waals surface area (Å²) in [4.78, 5) is 35.4. The number of carbonyl (C=O) groups is 2. The van der Waals surface area contributed by atoms with Crippen molar-refractivity contribution >= 4 is 23.2 Å². The minimum atomic E-state index is -0.703. The van der Waals surface area contributed by atoms with Crippen LogP contribution in [0.1, 0.15) is 29.4 Å². The Labute approximate surface area is 183 Å². The fourth-order valence-electron chi connectivity index (χ4n) is 3.79. The average Bonchev–Trinajstić information content (AvgIpc) is 2.81. The SMILES string of the molecule is CC[C@H]1Oc2ncc(CN3CCN(c4ccc(C(=O)NC)nc4F)CC3)c(F)c2NC1=O. The van der Waals surface area contributed by atoms with Crippen molar-refractivity contribution in [3.63, 3.8) is 0 Å². The van der Waals surface area contributed by atoms with Crippen LogP contribution in [0.2, 0.25) is 0 Å². The molecule has 0 spiro atoms. The molecule has 11 heteroatoms. The third kappa shape index (κ3) is 4.20. The molecule has 0 saturated carbocycles. The smallest absolute Gasteiger partial charge is 0.269 e. The van der Waals surface area contributed by atoms with E-state index in [0.717, 1.165) is 0 Å². The lowest BCUT2D eigenvalue weighted by atomic mass is 10.1. The van der Waals surface area contributed by atoms with Crippen LogP contribution in [-0.4, -0.2) is 66.0 Å². The first-order valence-corrected chi connectivity index (χ1v) is 10.4. The molecule has 4 rings (SSSR count). The number of anilines is 2. The lowest BCUT2D eigenvalue weighted by molar-refractivity contribution is -0.123. The number of carbonyl (C=O) groups excluding carboxylic acids is 2. The van der Waals surface area contributed by atoms with E-state index in [1.165, 1.54) is 19.3 Å². The molecule has 2 aliphatic heterocycles. The molecule has 1 saturated heterocycles. The number of fused-ring (bicyclic) bond motifs is 1. The molecule has 2 aromatic heterocycles. The standard InChI is InChI=1S/C21H24F2N6O3/c1-3-15-20(31)27-17-16(22)12(10-25-21(17)32-15)11-28-6-8-29(9-7-28)14-5-4-13(19(30)24-2)26-18(14)23/h4-5,10,15H,3,6-9,11H2,1-2H3,(H,24,30)(H,27,31)/t15-/m1/s1. The molecule has 2 amide bonds. The highest BCUT2D eigenvalue weighted by Crippen LogP contribution is 2.33. The number of ether oxygens (including phenoxy) is 1. The van der Waals surface area contributed by atoms with Gasteiger partial charge in [0.1, 0.15) is 11.4 Å². The van der Waals surface area contributed by atoms with Gasteiger partial charge in [0.05, 0.1) is 5.69 Å². The predicted octanol–water partition coefficient (Wildman–Crippen LogP) is 1.55. The second kappa shape index (κ2) is 9.03. The summed E-state index contributed by atoms with van der Waals surface area (Å²) in [5.41, 5.74) is 0.660. The molecule has 2 N–H and O–H groups in total. The summed E-state index contributed by atoms with van der Waals surface area (Å²) in [6, 6.07) is 3.03. The van der Waals surface area contributed by atoms with Crippen molar-refractivity contribution in [1.29, 1.82) is 0 Å². The normalized spacial score (nSPS) is 18.6. The van der Waals surface area contributed by atoms with Crippen LogP contribution >= 0.6 is 0 Å². The van der Waals surface area contributed by atoms with E-state index in [4.69, 9.17) is 4.74 Å². The van der Waals surface area contributed by atoms with Crippen molar-refractivity contribution in [1.82, 2.24) is 20.2 Å². The Morgan fingerprint density at radius 3 is 2.69 bits per heavy atom. The molecule has 170 valence electrons. The van der Waals surface area contributed by atoms with Crippen LogP contribution in [0.5, 0.6) is 5.88 Å². The van der Waals surface area contributed by atoms with Crippen LogP contribution in [0, 0.1) is 11.8 Å². The summed E-state index contributed by atoms with van der Waals surface area (Å²) >= 11 is 0. The van der Waals surface area contributed by atoms with Gasteiger partial charge in [0.25, 0.3) is 11.8 Å². The van der Waals surface area contributed by atoms with Gasteiger partial charge in [0, 0.05) is 51.5 Å². The predicted molar refractivity (Wildman–Crippen MR) is 113 cm³/mol. The highest BCUT2D eigenvalue weighted by Gasteiger charge is 2.31. The number of amides is 2. The molecular formula is C21H24F2N6O3. The number of halogens is 2. The molecule has 4 heterocycles. The number of nitrogens with one attached hydrogen (secondary N) is 2. The number of aromatic nitrogens is 2. The average molecular weight is 446 g/mol. The number of piperazine rings is 1. The van der Waals surface area contributed by atoms with Crippen LogP contribution in [0.3, 0.4) is 0 Å². The van der Waals surface area contributed by atoms with E-state index in [1.807, 2.05) is 9.80 Å². The van der Waals surface area contributed by atoms with Crippen LogP contribution in [0.4, 0.5) is 20.2 Å². The largest absolute Gasteiger partial charge is 0.463 e. The topological polar surface area (TPSA) is 99.7 Å². The first-order valence-electron chi connectivity index (χ1n) is 10.4. The number of rotatable bonds is 5. The van der Waals surface area contributed by atoms with E-state index in [-0.39, 0.29) is 23.2 Å². The van der Waals surface area contributed by atoms with Crippen molar-refractivity contribution in [2.75, 3.05) is 43.4 Å². The van der Waals surface area contributed by atoms with Gasteiger partial charge in [0.15, 0.2) is 11.9 Å². The molecule has 0 unspecified atom stereocenters. The van der Waals surface area contributed by atoms with E-state index in [0.29, 0.717) is 50.4 Å². The highest BCUT2D eigenvalue weighted by atomic mass is 19.1. The lowest BCUT2D eigenvalue weighted by Crippen LogP contribution is -2.46. The summed E-state index contributed by atoms with van der Waals surface area (Å²) in [6.07, 6.45) is 1.21. The van der Waals surface area contributed by atoms with Gasteiger partial charge in [-0.05, 0) is 18.6 Å². The Balaban J connectivity index is 1.40. The minimum absolute atomic E-state index is 0.0177. The van der Waals surface area contributed by atoms with Gasteiger partial charge < -0.3 is 20.3 Å². The monoisotopic (exact) mass is 446 g/mol. The Morgan fingerprint density at radius 1 is 1.28 bits per heavy atom. The van der Waals surface area contributed by atoms with Gasteiger partial charge in [-0.3, -0.25) is 14.5 Å². The number of nitrogens with zero attached hydrogens (tertiary/aromatic N) is 4. The van der Waals surface area contributed by atoms with E-state index in [9.17, 15) is 18.4 Å². The first-order chi connectivity index (χ1) is 15.4. The highest BCUT2D eigenvalue weighted by molar-refractivity contribution is 5.97. The summed E-state index contributed by atoms with van der Waals surface area (Å²) in [5.74, 6) is -2.01. The Bertz CT molecular complexity index is 1040. The Hall–Kier alpha value is -3.34. The lowest BCUT2D eigenvalue weighted by Gasteiger charge is -2.36. The van der Waals surface area contributed by atoms with Crippen molar-refractivity contribution in [2.24, 2.45) is 0 Å². The zero-order chi connectivity index (χ0) is 22.8. The fourth-order valence-corrected chi connectivity index (χ4v) is 3.79. The zero-order valence-electron chi connectivity index (χ0n) is 17.8. The maximum Gasteiger partial charge on any atom is 0.269 e. The van der Waals surface area contributed by atoms with Crippen molar-refractivity contribution in [2.45, 2.75) is 26.0 Å². The van der Waals surface area contributed by atoms with E-state index in [1.54, 1.807) is 13.0 Å². The van der Waals surface area contributed by atoms with Crippen molar-refractivity contribution in [3.8, 4) is 5.88 Å². The quantitative estimate of drug-likeness (QED) is 0.673. The molecular weight excluding hydrogens is 422 g/mol. The van der Waals surface area contributed by atoms with E-state index >= 15 is 0 Å². The van der Waals surface area contributed by atoms with Crippen LogP contribution in [0.15, 0.2) is 18.3 Å². The number of pyridine rings is 2. The minimum Gasteiger partial charge on any atom is -0.463 e.